The van der Waals surface area contributed by atoms with Crippen LogP contribution in [0.25, 0.3) is 5.78 Å². The van der Waals surface area contributed by atoms with Gasteiger partial charge in [-0.15, -0.1) is 5.10 Å². The summed E-state index contributed by atoms with van der Waals surface area (Å²) in [6, 6.07) is 3.61. The maximum Gasteiger partial charge on any atom is 0.378 e. The van der Waals surface area contributed by atoms with Crippen LogP contribution in [0.2, 0.25) is 0 Å². The standard InChI is InChI=1S/C20H25N5O3/c1-12(2)7-9-24-14(4)10-16(15(24)5)17(26)11-28-19(27)18-22-20-21-8-6-13(3)25(20)23-18/h6,8,10,12H,7,9,11H2,1-5H3. The van der Waals surface area contributed by atoms with Crippen molar-refractivity contribution in [2.45, 2.75) is 47.6 Å². The fourth-order valence-electron chi connectivity index (χ4n) is 3.08. The summed E-state index contributed by atoms with van der Waals surface area (Å²) in [5.74, 6) is -0.205. The predicted octanol–water partition coefficient (Wildman–Crippen LogP) is 2.94. The smallest absolute Gasteiger partial charge is 0.378 e. The van der Waals surface area contributed by atoms with Gasteiger partial charge in [0.05, 0.1) is 0 Å². The van der Waals surface area contributed by atoms with Crippen molar-refractivity contribution in [3.63, 3.8) is 0 Å². The highest BCUT2D eigenvalue weighted by Gasteiger charge is 2.20. The Balaban J connectivity index is 1.68. The molecule has 0 spiro atoms. The molecular formula is C20H25N5O3. The second-order valence-corrected chi connectivity index (χ2v) is 7.35. The first-order valence-corrected chi connectivity index (χ1v) is 9.33. The Morgan fingerprint density at radius 2 is 1.93 bits per heavy atom. The molecule has 3 aromatic rings. The molecule has 3 rings (SSSR count). The summed E-state index contributed by atoms with van der Waals surface area (Å²) < 4.78 is 8.74. The first-order chi connectivity index (χ1) is 13.3. The van der Waals surface area contributed by atoms with Crippen LogP contribution < -0.4 is 0 Å². The average molecular weight is 383 g/mol. The van der Waals surface area contributed by atoms with E-state index in [1.54, 1.807) is 12.3 Å². The van der Waals surface area contributed by atoms with E-state index in [1.165, 1.54) is 4.52 Å². The van der Waals surface area contributed by atoms with Crippen LogP contribution in [-0.4, -0.2) is 42.5 Å². The molecule has 0 aliphatic heterocycles. The largest absolute Gasteiger partial charge is 0.451 e. The SMILES string of the molecule is Cc1cc(C(=O)COC(=O)c2nc3nccc(C)n3n2)c(C)n1CCC(C)C. The van der Waals surface area contributed by atoms with Gasteiger partial charge in [0, 0.05) is 35.4 Å². The third kappa shape index (κ3) is 3.95. The number of aromatic nitrogens is 5. The monoisotopic (exact) mass is 383 g/mol. The third-order valence-corrected chi connectivity index (χ3v) is 4.75. The molecule has 8 heteroatoms. The number of carbonyl (C=O) groups is 2. The molecule has 28 heavy (non-hydrogen) atoms. The van der Waals surface area contributed by atoms with E-state index in [-0.39, 0.29) is 18.2 Å². The molecule has 8 nitrogen and oxygen atoms in total. The number of esters is 1. The topological polar surface area (TPSA) is 91.4 Å². The predicted molar refractivity (Wildman–Crippen MR) is 103 cm³/mol. The number of nitrogens with zero attached hydrogens (tertiary/aromatic N) is 5. The Kier molecular flexibility index (Phi) is 5.58. The molecule has 0 saturated carbocycles. The zero-order valence-corrected chi connectivity index (χ0v) is 16.9. The fraction of sp³-hybridized carbons (Fsp3) is 0.450. The van der Waals surface area contributed by atoms with Gasteiger partial charge in [-0.05, 0) is 45.2 Å². The number of fused-ring (bicyclic) bond motifs is 1. The molecule has 0 fully saturated rings. The summed E-state index contributed by atoms with van der Waals surface area (Å²) in [5, 5.41) is 4.09. The highest BCUT2D eigenvalue weighted by Crippen LogP contribution is 2.18. The van der Waals surface area contributed by atoms with Gasteiger partial charge in [0.25, 0.3) is 11.6 Å². The minimum atomic E-state index is -0.744. The summed E-state index contributed by atoms with van der Waals surface area (Å²) in [4.78, 5) is 32.9. The summed E-state index contributed by atoms with van der Waals surface area (Å²) in [7, 11) is 0. The molecule has 0 N–H and O–H groups in total. The minimum absolute atomic E-state index is 0.114. The molecular weight excluding hydrogens is 358 g/mol. The summed E-state index contributed by atoms with van der Waals surface area (Å²) >= 11 is 0. The highest BCUT2D eigenvalue weighted by molar-refractivity contribution is 6.00. The average Bonchev–Trinajstić information content (AvgIpc) is 3.20. The number of carbonyl (C=O) groups excluding carboxylic acids is 2. The van der Waals surface area contributed by atoms with Gasteiger partial charge in [-0.1, -0.05) is 13.8 Å². The Morgan fingerprint density at radius 1 is 1.18 bits per heavy atom. The number of aryl methyl sites for hydroxylation is 2. The van der Waals surface area contributed by atoms with Crippen LogP contribution in [-0.2, 0) is 11.3 Å². The third-order valence-electron chi connectivity index (χ3n) is 4.75. The summed E-state index contributed by atoms with van der Waals surface area (Å²) in [6.07, 6.45) is 2.62. The van der Waals surface area contributed by atoms with Crippen molar-refractivity contribution in [2.75, 3.05) is 6.61 Å². The van der Waals surface area contributed by atoms with Crippen LogP contribution in [0.15, 0.2) is 18.3 Å². The van der Waals surface area contributed by atoms with Gasteiger partial charge >= 0.3 is 5.97 Å². The van der Waals surface area contributed by atoms with Crippen LogP contribution in [0.5, 0.6) is 0 Å². The van der Waals surface area contributed by atoms with E-state index in [2.05, 4.69) is 33.5 Å². The molecule has 0 bridgehead atoms. The molecule has 0 saturated heterocycles. The molecule has 0 aliphatic rings. The van der Waals surface area contributed by atoms with Gasteiger partial charge < -0.3 is 9.30 Å². The van der Waals surface area contributed by atoms with E-state index in [4.69, 9.17) is 4.74 Å². The van der Waals surface area contributed by atoms with Crippen molar-refractivity contribution in [1.29, 1.82) is 0 Å². The van der Waals surface area contributed by atoms with Crippen LogP contribution >= 0.6 is 0 Å². The number of ketones is 1. The lowest BCUT2D eigenvalue weighted by molar-refractivity contribution is 0.0462. The Hall–Kier alpha value is -3.03. The lowest BCUT2D eigenvalue weighted by atomic mass is 10.1. The van der Waals surface area contributed by atoms with Gasteiger partial charge in [0.15, 0.2) is 6.61 Å². The van der Waals surface area contributed by atoms with Crippen LogP contribution in [0.4, 0.5) is 0 Å². The molecule has 0 aliphatic carbocycles. The number of ether oxygens (including phenoxy) is 1. The molecule has 0 amide bonds. The van der Waals surface area contributed by atoms with Gasteiger partial charge in [-0.3, -0.25) is 4.79 Å². The lowest BCUT2D eigenvalue weighted by Gasteiger charge is -2.11. The normalized spacial score (nSPS) is 11.4. The van der Waals surface area contributed by atoms with Gasteiger partial charge in [0.1, 0.15) is 0 Å². The first-order valence-electron chi connectivity index (χ1n) is 9.33. The number of hydrogen-bond acceptors (Lipinski definition) is 6. The molecule has 0 atom stereocenters. The van der Waals surface area contributed by atoms with Crippen molar-refractivity contribution in [1.82, 2.24) is 24.1 Å². The quantitative estimate of drug-likeness (QED) is 0.460. The van der Waals surface area contributed by atoms with E-state index in [0.717, 1.165) is 30.0 Å². The van der Waals surface area contributed by atoms with Crippen LogP contribution in [0, 0.1) is 26.7 Å². The Bertz CT molecular complexity index is 1030. The zero-order chi connectivity index (χ0) is 20.4. The molecule has 0 radical (unpaired) electrons. The Labute approximate surface area is 163 Å². The summed E-state index contributed by atoms with van der Waals surface area (Å²) in [5.41, 5.74) is 3.29. The van der Waals surface area contributed by atoms with E-state index >= 15 is 0 Å². The van der Waals surface area contributed by atoms with Gasteiger partial charge in [-0.2, -0.15) is 4.98 Å². The number of rotatable bonds is 7. The molecule has 0 aromatic carbocycles. The van der Waals surface area contributed by atoms with Crippen LogP contribution in [0.1, 0.15) is 58.3 Å². The maximum atomic E-state index is 12.6. The molecule has 3 aromatic heterocycles. The van der Waals surface area contributed by atoms with Crippen molar-refractivity contribution in [3.8, 4) is 0 Å². The second kappa shape index (κ2) is 7.92. The molecule has 148 valence electrons. The number of hydrogen-bond donors (Lipinski definition) is 0. The van der Waals surface area contributed by atoms with Gasteiger partial charge in [-0.25, -0.2) is 14.3 Å². The lowest BCUT2D eigenvalue weighted by Crippen LogP contribution is -2.16. The molecule has 0 unspecified atom stereocenters. The van der Waals surface area contributed by atoms with Crippen molar-refractivity contribution >= 4 is 17.5 Å². The van der Waals surface area contributed by atoms with Gasteiger partial charge in [0.2, 0.25) is 5.78 Å². The molecule has 3 heterocycles. The van der Waals surface area contributed by atoms with Crippen molar-refractivity contribution < 1.29 is 14.3 Å². The van der Waals surface area contributed by atoms with E-state index in [1.807, 2.05) is 26.8 Å². The first kappa shape index (κ1) is 19.7. The Morgan fingerprint density at radius 3 is 2.61 bits per heavy atom. The number of Topliss-reactive ketones (excluding diaryl/α,β-unsaturated/α-hetero) is 1. The maximum absolute atomic E-state index is 12.6. The van der Waals surface area contributed by atoms with E-state index in [9.17, 15) is 9.59 Å². The van der Waals surface area contributed by atoms with E-state index < -0.39 is 5.97 Å². The minimum Gasteiger partial charge on any atom is -0.451 e. The van der Waals surface area contributed by atoms with Crippen LogP contribution in [0.3, 0.4) is 0 Å². The van der Waals surface area contributed by atoms with Crippen molar-refractivity contribution in [3.05, 3.63) is 46.8 Å². The van der Waals surface area contributed by atoms with E-state index in [0.29, 0.717) is 17.3 Å². The summed E-state index contributed by atoms with van der Waals surface area (Å²) in [6.45, 7) is 10.6. The fourth-order valence-corrected chi connectivity index (χ4v) is 3.08. The zero-order valence-electron chi connectivity index (χ0n) is 16.9. The van der Waals surface area contributed by atoms with Crippen molar-refractivity contribution in [2.24, 2.45) is 5.92 Å². The highest BCUT2D eigenvalue weighted by atomic mass is 16.5. The second-order valence-electron chi connectivity index (χ2n) is 7.35.